The summed E-state index contributed by atoms with van der Waals surface area (Å²) in [4.78, 5) is 5.16. The van der Waals surface area contributed by atoms with Gasteiger partial charge in [0.2, 0.25) is 0 Å². The van der Waals surface area contributed by atoms with Crippen LogP contribution >= 0.6 is 0 Å². The lowest BCUT2D eigenvalue weighted by Gasteiger charge is -2.15. The van der Waals surface area contributed by atoms with Crippen LogP contribution in [0.15, 0.2) is 140 Å². The fourth-order valence-corrected chi connectivity index (χ4v) is 7.40. The second kappa shape index (κ2) is 10.9. The van der Waals surface area contributed by atoms with Gasteiger partial charge in [0, 0.05) is 21.8 Å². The molecule has 0 saturated heterocycles. The smallest absolute Gasteiger partial charge is 0.113 e. The van der Waals surface area contributed by atoms with Gasteiger partial charge >= 0.3 is 0 Å². The molecule has 7 aromatic rings. The van der Waals surface area contributed by atoms with Gasteiger partial charge in [-0.05, 0) is 94.4 Å². The third kappa shape index (κ3) is 4.38. The molecule has 0 atom stereocenters. The average Bonchev–Trinajstić information content (AvgIpc) is 3.47. The van der Waals surface area contributed by atoms with Gasteiger partial charge in [-0.25, -0.2) is 4.98 Å². The summed E-state index contributed by atoms with van der Waals surface area (Å²) >= 11 is 0. The van der Waals surface area contributed by atoms with E-state index in [4.69, 9.17) is 12.8 Å². The van der Waals surface area contributed by atoms with Crippen LogP contribution in [0.2, 0.25) is 0 Å². The molecule has 0 aliphatic heterocycles. The highest BCUT2D eigenvalue weighted by atomic mass is 15.0. The van der Waals surface area contributed by atoms with Crippen molar-refractivity contribution in [2.24, 2.45) is 0 Å². The highest BCUT2D eigenvalue weighted by molar-refractivity contribution is 6.36. The second-order valence-corrected chi connectivity index (χ2v) is 12.4. The third-order valence-electron chi connectivity index (χ3n) is 9.58. The second-order valence-electron chi connectivity index (χ2n) is 12.4. The lowest BCUT2D eigenvalue weighted by Crippen LogP contribution is -2.01. The molecule has 9 rings (SSSR count). The molecule has 0 fully saturated rings. The normalized spacial score (nSPS) is 14.8. The average molecular weight is 587 g/mol. The van der Waals surface area contributed by atoms with Crippen molar-refractivity contribution in [3.05, 3.63) is 151 Å². The van der Waals surface area contributed by atoms with Crippen molar-refractivity contribution in [1.82, 2.24) is 9.55 Å². The summed E-state index contributed by atoms with van der Waals surface area (Å²) in [5.41, 5.74) is 11.3. The topological polar surface area (TPSA) is 17.8 Å². The largest absolute Gasteiger partial charge is 0.309 e. The molecule has 2 aliphatic carbocycles. The molecule has 0 amide bonds. The third-order valence-corrected chi connectivity index (χ3v) is 9.58. The van der Waals surface area contributed by atoms with Gasteiger partial charge in [0.25, 0.3) is 0 Å². The summed E-state index contributed by atoms with van der Waals surface area (Å²) in [5.74, 6) is 0. The Balaban J connectivity index is 1.25. The lowest BCUT2D eigenvalue weighted by atomic mass is 9.92. The summed E-state index contributed by atoms with van der Waals surface area (Å²) in [7, 11) is 6.41. The Labute approximate surface area is 270 Å². The van der Waals surface area contributed by atoms with E-state index >= 15 is 0 Å². The molecule has 5 aromatic carbocycles. The first-order chi connectivity index (χ1) is 22.7. The van der Waals surface area contributed by atoms with Crippen LogP contribution in [0.5, 0.6) is 0 Å². The molecule has 216 valence electrons. The Bertz CT molecular complexity index is 2470. The van der Waals surface area contributed by atoms with Gasteiger partial charge in [-0.3, -0.25) is 0 Å². The van der Waals surface area contributed by atoms with Crippen LogP contribution in [-0.2, 0) is 0 Å². The molecule has 0 bridgehead atoms. The quantitative estimate of drug-likeness (QED) is 0.148. The van der Waals surface area contributed by atoms with Crippen molar-refractivity contribution in [2.75, 3.05) is 0 Å². The molecule has 2 heterocycles. The number of nitrogens with zero attached hydrogens (tertiary/aromatic N) is 2. The van der Waals surface area contributed by atoms with Crippen molar-refractivity contribution >= 4 is 67.8 Å². The number of rotatable bonds is 4. The van der Waals surface area contributed by atoms with E-state index in [1.165, 1.54) is 60.1 Å². The van der Waals surface area contributed by atoms with Crippen LogP contribution in [0.25, 0.3) is 71.3 Å². The zero-order valence-electron chi connectivity index (χ0n) is 25.6. The van der Waals surface area contributed by atoms with Gasteiger partial charge in [-0.15, -0.1) is 0 Å². The molecule has 2 aliphatic rings. The minimum absolute atomic E-state index is 0.773. The van der Waals surface area contributed by atoms with E-state index in [1.54, 1.807) is 0 Å². The van der Waals surface area contributed by atoms with Gasteiger partial charge in [0.05, 0.1) is 22.4 Å². The summed E-state index contributed by atoms with van der Waals surface area (Å²) in [6.45, 7) is 0. The first kappa shape index (κ1) is 27.0. The Morgan fingerprint density at radius 1 is 0.630 bits per heavy atom. The van der Waals surface area contributed by atoms with Crippen LogP contribution in [0, 0.1) is 0 Å². The highest BCUT2D eigenvalue weighted by Gasteiger charge is 2.19. The fourth-order valence-electron chi connectivity index (χ4n) is 7.40. The van der Waals surface area contributed by atoms with E-state index < -0.39 is 0 Å². The summed E-state index contributed by atoms with van der Waals surface area (Å²) < 4.78 is 2.42. The van der Waals surface area contributed by atoms with E-state index in [9.17, 15) is 0 Å². The van der Waals surface area contributed by atoms with Crippen LogP contribution in [0.3, 0.4) is 0 Å². The SMILES string of the molecule is [B]c1ccc2c(c1)c1c3ccccc3c3ccccc3c1n2-c1ccc(-c2cc(C3=CCCC=C3)nc(C3=CC=CCC3)c2)cc1. The molecular formula is C43H31BN2. The lowest BCUT2D eigenvalue weighted by molar-refractivity contribution is 1.03. The number of hydrogen-bond donors (Lipinski definition) is 0. The Morgan fingerprint density at radius 3 is 2.15 bits per heavy atom. The van der Waals surface area contributed by atoms with Gasteiger partial charge in [-0.2, -0.15) is 0 Å². The predicted molar refractivity (Wildman–Crippen MR) is 197 cm³/mol. The number of allylic oxidation sites excluding steroid dienone is 8. The van der Waals surface area contributed by atoms with E-state index in [0.29, 0.717) is 0 Å². The van der Waals surface area contributed by atoms with E-state index in [-0.39, 0.29) is 0 Å². The van der Waals surface area contributed by atoms with Crippen molar-refractivity contribution < 1.29 is 0 Å². The first-order valence-corrected chi connectivity index (χ1v) is 16.2. The molecular weight excluding hydrogens is 555 g/mol. The minimum Gasteiger partial charge on any atom is -0.309 e. The summed E-state index contributed by atoms with van der Waals surface area (Å²) in [6, 6.07) is 37.4. The zero-order chi connectivity index (χ0) is 30.6. The maximum atomic E-state index is 6.41. The molecule has 2 radical (unpaired) electrons. The summed E-state index contributed by atoms with van der Waals surface area (Å²) in [6.07, 6.45) is 17.6. The van der Waals surface area contributed by atoms with Crippen molar-refractivity contribution in [1.29, 1.82) is 0 Å². The molecule has 3 heteroatoms. The van der Waals surface area contributed by atoms with Crippen LogP contribution in [0.1, 0.15) is 37.1 Å². The first-order valence-electron chi connectivity index (χ1n) is 16.2. The van der Waals surface area contributed by atoms with E-state index in [2.05, 4.69) is 138 Å². The minimum atomic E-state index is 0.773. The van der Waals surface area contributed by atoms with Gasteiger partial charge < -0.3 is 4.57 Å². The maximum absolute atomic E-state index is 6.41. The Hall–Kier alpha value is -5.41. The number of pyridine rings is 1. The Morgan fingerprint density at radius 2 is 1.39 bits per heavy atom. The monoisotopic (exact) mass is 586 g/mol. The Kier molecular flexibility index (Phi) is 6.38. The van der Waals surface area contributed by atoms with E-state index in [0.717, 1.165) is 53.7 Å². The number of hydrogen-bond acceptors (Lipinski definition) is 1. The molecule has 0 spiro atoms. The van der Waals surface area contributed by atoms with Crippen molar-refractivity contribution in [3.8, 4) is 16.8 Å². The molecule has 2 aromatic heterocycles. The maximum Gasteiger partial charge on any atom is 0.113 e. The predicted octanol–water partition coefficient (Wildman–Crippen LogP) is 10.4. The van der Waals surface area contributed by atoms with Crippen LogP contribution in [0.4, 0.5) is 0 Å². The van der Waals surface area contributed by atoms with Crippen LogP contribution in [-0.4, -0.2) is 17.4 Å². The number of benzene rings is 5. The van der Waals surface area contributed by atoms with E-state index in [1.807, 2.05) is 6.07 Å². The van der Waals surface area contributed by atoms with Gasteiger partial charge in [0.1, 0.15) is 7.85 Å². The van der Waals surface area contributed by atoms with Gasteiger partial charge in [-0.1, -0.05) is 115 Å². The molecule has 0 N–H and O–H groups in total. The molecule has 0 saturated carbocycles. The van der Waals surface area contributed by atoms with Crippen LogP contribution < -0.4 is 5.46 Å². The molecule has 0 unspecified atom stereocenters. The molecule has 46 heavy (non-hydrogen) atoms. The van der Waals surface area contributed by atoms with Gasteiger partial charge in [0.15, 0.2) is 0 Å². The van der Waals surface area contributed by atoms with Crippen molar-refractivity contribution in [2.45, 2.75) is 25.7 Å². The highest BCUT2D eigenvalue weighted by Crippen LogP contribution is 2.42. The van der Waals surface area contributed by atoms with Crippen molar-refractivity contribution in [3.63, 3.8) is 0 Å². The summed E-state index contributed by atoms with van der Waals surface area (Å²) in [5, 5.41) is 7.42. The fraction of sp³-hybridized carbons (Fsp3) is 0.0930. The zero-order valence-corrected chi connectivity index (χ0v) is 25.6. The molecule has 2 nitrogen and oxygen atoms in total. The standard InChI is InChI=1S/C43H31BN2/c44-32-21-24-41-38(27-32)42-36-17-9-7-15-34(36)35-16-8-10-18-37(35)43(42)46(41)33-22-19-28(20-23-33)31-25-39(29-11-3-1-4-12-29)45-40(26-31)30-13-5-2-6-14-30/h1,3,5,7-11,13-27H,2,4,6,12H2. The number of fused-ring (bicyclic) bond motifs is 8. The number of aromatic nitrogens is 2.